The molecule has 1 aliphatic heterocycles. The van der Waals surface area contributed by atoms with Crippen molar-refractivity contribution in [1.82, 2.24) is 10.2 Å². The summed E-state index contributed by atoms with van der Waals surface area (Å²) in [7, 11) is 1.65. The lowest BCUT2D eigenvalue weighted by molar-refractivity contribution is -0.138. The molecule has 2 amide bonds. The Morgan fingerprint density at radius 3 is 2.65 bits per heavy atom. The van der Waals surface area contributed by atoms with Crippen LogP contribution in [0.3, 0.4) is 0 Å². The fourth-order valence-electron chi connectivity index (χ4n) is 2.95. The van der Waals surface area contributed by atoms with Crippen molar-refractivity contribution in [3.8, 4) is 5.75 Å². The predicted octanol–water partition coefficient (Wildman–Crippen LogP) is 1.75. The third kappa shape index (κ3) is 4.24. The highest BCUT2D eigenvalue weighted by molar-refractivity contribution is 5.84. The van der Waals surface area contributed by atoms with Crippen molar-refractivity contribution in [1.29, 1.82) is 0 Å². The molecule has 0 unspecified atom stereocenters. The zero-order valence-corrected chi connectivity index (χ0v) is 13.6. The van der Waals surface area contributed by atoms with Gasteiger partial charge in [-0.1, -0.05) is 12.1 Å². The first kappa shape index (κ1) is 15.8. The number of ether oxygens (including phenoxy) is 1. The van der Waals surface area contributed by atoms with Crippen LogP contribution in [0.2, 0.25) is 0 Å². The molecule has 5 nitrogen and oxygen atoms in total. The van der Waals surface area contributed by atoms with Crippen molar-refractivity contribution in [2.45, 2.75) is 38.1 Å². The number of hydrogen-bond acceptors (Lipinski definition) is 3. The first-order valence-electron chi connectivity index (χ1n) is 8.37. The van der Waals surface area contributed by atoms with Crippen LogP contribution in [0.1, 0.15) is 31.2 Å². The van der Waals surface area contributed by atoms with Crippen LogP contribution in [-0.2, 0) is 16.0 Å². The number of rotatable bonds is 6. The maximum Gasteiger partial charge on any atom is 0.225 e. The molecular formula is C18H24N2O3. The number of nitrogens with one attached hydrogen (secondary N) is 1. The van der Waals surface area contributed by atoms with Crippen LogP contribution in [0.15, 0.2) is 24.3 Å². The molecule has 2 aliphatic rings. The van der Waals surface area contributed by atoms with Gasteiger partial charge in [-0.2, -0.15) is 0 Å². The molecule has 1 N–H and O–H groups in total. The summed E-state index contributed by atoms with van der Waals surface area (Å²) < 4.78 is 5.15. The first-order chi connectivity index (χ1) is 11.2. The van der Waals surface area contributed by atoms with Crippen LogP contribution in [0.25, 0.3) is 0 Å². The van der Waals surface area contributed by atoms with Gasteiger partial charge in [-0.05, 0) is 43.4 Å². The molecule has 0 spiro atoms. The highest BCUT2D eigenvalue weighted by Gasteiger charge is 2.32. The Morgan fingerprint density at radius 2 is 2.00 bits per heavy atom. The van der Waals surface area contributed by atoms with Gasteiger partial charge in [0.15, 0.2) is 0 Å². The predicted molar refractivity (Wildman–Crippen MR) is 87.2 cm³/mol. The Labute approximate surface area is 137 Å². The summed E-state index contributed by atoms with van der Waals surface area (Å²) in [6.45, 7) is 1.21. The van der Waals surface area contributed by atoms with E-state index in [0.717, 1.165) is 25.0 Å². The number of piperidine rings is 1. The Hall–Kier alpha value is -2.04. The number of carbonyl (C=O) groups excluding carboxylic acids is 2. The summed E-state index contributed by atoms with van der Waals surface area (Å²) in [4.78, 5) is 26.1. The fraction of sp³-hybridized carbons (Fsp3) is 0.556. The van der Waals surface area contributed by atoms with Crippen LogP contribution < -0.4 is 10.1 Å². The molecule has 1 atom stereocenters. The van der Waals surface area contributed by atoms with E-state index in [4.69, 9.17) is 4.74 Å². The Bertz CT molecular complexity index is 566. The highest BCUT2D eigenvalue weighted by atomic mass is 16.5. The van der Waals surface area contributed by atoms with Crippen LogP contribution in [0, 0.1) is 5.92 Å². The van der Waals surface area contributed by atoms with E-state index in [0.29, 0.717) is 32.0 Å². The smallest absolute Gasteiger partial charge is 0.225 e. The number of hydrogen-bond donors (Lipinski definition) is 1. The third-order valence-corrected chi connectivity index (χ3v) is 4.62. The second kappa shape index (κ2) is 7.02. The Morgan fingerprint density at radius 1 is 1.26 bits per heavy atom. The van der Waals surface area contributed by atoms with E-state index in [9.17, 15) is 9.59 Å². The van der Waals surface area contributed by atoms with E-state index in [1.165, 1.54) is 5.56 Å². The van der Waals surface area contributed by atoms with Crippen LogP contribution >= 0.6 is 0 Å². The van der Waals surface area contributed by atoms with Gasteiger partial charge in [0.2, 0.25) is 11.8 Å². The average molecular weight is 316 g/mol. The van der Waals surface area contributed by atoms with E-state index in [1.54, 1.807) is 7.11 Å². The normalized spacial score (nSPS) is 21.2. The molecule has 3 rings (SSSR count). The van der Waals surface area contributed by atoms with E-state index in [1.807, 2.05) is 29.2 Å². The summed E-state index contributed by atoms with van der Waals surface area (Å²) in [6.07, 6.45) is 4.14. The molecule has 1 saturated heterocycles. The van der Waals surface area contributed by atoms with Crippen molar-refractivity contribution in [3.05, 3.63) is 29.8 Å². The standard InChI is InChI=1S/C18H24N2O3/c1-23-16-7-2-13(3-8-16)10-11-20-12-14(4-9-17(20)21)18(22)19-15-5-6-15/h2-3,7-8,14-15H,4-6,9-12H2,1H3,(H,19,22)/t14-/m0/s1. The van der Waals surface area contributed by atoms with Gasteiger partial charge in [-0.15, -0.1) is 0 Å². The SMILES string of the molecule is COc1ccc(CCN2C[C@@H](C(=O)NC3CC3)CCC2=O)cc1. The lowest BCUT2D eigenvalue weighted by atomic mass is 9.96. The highest BCUT2D eigenvalue weighted by Crippen LogP contribution is 2.23. The summed E-state index contributed by atoms with van der Waals surface area (Å²) in [5.74, 6) is 1.06. The van der Waals surface area contributed by atoms with Crippen molar-refractivity contribution < 1.29 is 14.3 Å². The van der Waals surface area contributed by atoms with Gasteiger partial charge in [-0.3, -0.25) is 9.59 Å². The van der Waals surface area contributed by atoms with Crippen molar-refractivity contribution in [2.75, 3.05) is 20.2 Å². The lowest BCUT2D eigenvalue weighted by Crippen LogP contribution is -2.46. The maximum atomic E-state index is 12.2. The summed E-state index contributed by atoms with van der Waals surface area (Å²) in [6, 6.07) is 8.28. The molecule has 124 valence electrons. The number of methoxy groups -OCH3 is 1. The van der Waals surface area contributed by atoms with Gasteiger partial charge in [0, 0.05) is 25.6 Å². The van der Waals surface area contributed by atoms with E-state index in [2.05, 4.69) is 5.32 Å². The molecule has 0 aromatic heterocycles. The van der Waals surface area contributed by atoms with Crippen molar-refractivity contribution in [3.63, 3.8) is 0 Å². The Kier molecular flexibility index (Phi) is 4.84. The topological polar surface area (TPSA) is 58.6 Å². The molecule has 1 heterocycles. The van der Waals surface area contributed by atoms with E-state index < -0.39 is 0 Å². The van der Waals surface area contributed by atoms with Gasteiger partial charge in [0.05, 0.1) is 13.0 Å². The molecule has 2 fully saturated rings. The minimum absolute atomic E-state index is 0.0517. The molecule has 1 aliphatic carbocycles. The van der Waals surface area contributed by atoms with E-state index in [-0.39, 0.29) is 17.7 Å². The summed E-state index contributed by atoms with van der Waals surface area (Å²) in [5, 5.41) is 3.05. The second-order valence-corrected chi connectivity index (χ2v) is 6.46. The van der Waals surface area contributed by atoms with E-state index >= 15 is 0 Å². The van der Waals surface area contributed by atoms with Crippen LogP contribution in [-0.4, -0.2) is 43.0 Å². The zero-order chi connectivity index (χ0) is 16.2. The monoisotopic (exact) mass is 316 g/mol. The van der Waals surface area contributed by atoms with Gasteiger partial charge < -0.3 is 15.0 Å². The van der Waals surface area contributed by atoms with Gasteiger partial charge in [-0.25, -0.2) is 0 Å². The van der Waals surface area contributed by atoms with Gasteiger partial charge >= 0.3 is 0 Å². The number of amides is 2. The first-order valence-corrected chi connectivity index (χ1v) is 8.37. The number of likely N-dealkylation sites (tertiary alicyclic amines) is 1. The van der Waals surface area contributed by atoms with Crippen molar-refractivity contribution in [2.24, 2.45) is 5.92 Å². The maximum absolute atomic E-state index is 12.2. The lowest BCUT2D eigenvalue weighted by Gasteiger charge is -2.32. The molecule has 0 radical (unpaired) electrons. The number of nitrogens with zero attached hydrogens (tertiary/aromatic N) is 1. The quantitative estimate of drug-likeness (QED) is 0.870. The van der Waals surface area contributed by atoms with Gasteiger partial charge in [0.1, 0.15) is 5.75 Å². The largest absolute Gasteiger partial charge is 0.497 e. The molecule has 1 aromatic rings. The molecule has 1 saturated carbocycles. The molecule has 23 heavy (non-hydrogen) atoms. The van der Waals surface area contributed by atoms with Crippen molar-refractivity contribution >= 4 is 11.8 Å². The minimum Gasteiger partial charge on any atom is -0.497 e. The summed E-state index contributed by atoms with van der Waals surface area (Å²) >= 11 is 0. The number of carbonyl (C=O) groups is 2. The second-order valence-electron chi connectivity index (χ2n) is 6.46. The zero-order valence-electron chi connectivity index (χ0n) is 13.6. The molecule has 0 bridgehead atoms. The van der Waals surface area contributed by atoms with Crippen LogP contribution in [0.4, 0.5) is 0 Å². The minimum atomic E-state index is -0.0517. The molecule has 5 heteroatoms. The molecular weight excluding hydrogens is 292 g/mol. The average Bonchev–Trinajstić information content (AvgIpc) is 3.38. The van der Waals surface area contributed by atoms with Gasteiger partial charge in [0.25, 0.3) is 0 Å². The van der Waals surface area contributed by atoms with Crippen LogP contribution in [0.5, 0.6) is 5.75 Å². The Balaban J connectivity index is 1.52. The number of benzene rings is 1. The summed E-state index contributed by atoms with van der Waals surface area (Å²) in [5.41, 5.74) is 1.17. The fourth-order valence-corrected chi connectivity index (χ4v) is 2.95. The third-order valence-electron chi connectivity index (χ3n) is 4.62. The molecule has 1 aromatic carbocycles.